The van der Waals surface area contributed by atoms with E-state index < -0.39 is 0 Å². The van der Waals surface area contributed by atoms with E-state index in [0.29, 0.717) is 11.2 Å². The lowest BCUT2D eigenvalue weighted by molar-refractivity contribution is 0.451. The average molecular weight is 249 g/mol. The van der Waals surface area contributed by atoms with Gasteiger partial charge < -0.3 is 5.73 Å². The Labute approximate surface area is 109 Å². The normalized spacial score (nSPS) is 28.9. The van der Waals surface area contributed by atoms with E-state index in [9.17, 15) is 0 Å². The van der Waals surface area contributed by atoms with E-state index in [1.807, 2.05) is 11.8 Å². The van der Waals surface area contributed by atoms with Crippen LogP contribution in [0.25, 0.3) is 0 Å². The van der Waals surface area contributed by atoms with E-state index in [1.165, 1.54) is 16.0 Å². The number of hydrogen-bond donors (Lipinski definition) is 1. The fourth-order valence-corrected chi connectivity index (χ4v) is 3.53. The standard InChI is InChI=1S/C15H23NS/c1-9-10(2)17-13-7-6-11(15(3,4)5)8-12(13)14(9)16/h6-10,14H,16H2,1-5H3. The molecular weight excluding hydrogens is 226 g/mol. The molecule has 94 valence electrons. The Morgan fingerprint density at radius 2 is 1.82 bits per heavy atom. The molecule has 0 bridgehead atoms. The van der Waals surface area contributed by atoms with E-state index in [-0.39, 0.29) is 11.5 Å². The van der Waals surface area contributed by atoms with Gasteiger partial charge in [-0.2, -0.15) is 0 Å². The fraction of sp³-hybridized carbons (Fsp3) is 0.600. The maximum absolute atomic E-state index is 6.38. The largest absolute Gasteiger partial charge is 0.324 e. The quantitative estimate of drug-likeness (QED) is 0.748. The van der Waals surface area contributed by atoms with Crippen LogP contribution in [0.1, 0.15) is 51.8 Å². The van der Waals surface area contributed by atoms with Crippen LogP contribution in [0.15, 0.2) is 23.1 Å². The van der Waals surface area contributed by atoms with Gasteiger partial charge in [-0.25, -0.2) is 0 Å². The summed E-state index contributed by atoms with van der Waals surface area (Å²) in [5, 5.41) is 0.609. The third kappa shape index (κ3) is 2.38. The van der Waals surface area contributed by atoms with Crippen molar-refractivity contribution < 1.29 is 0 Å². The van der Waals surface area contributed by atoms with Gasteiger partial charge in [-0.15, -0.1) is 11.8 Å². The summed E-state index contributed by atoms with van der Waals surface area (Å²) in [6.07, 6.45) is 0. The SMILES string of the molecule is CC1Sc2ccc(C(C)(C)C)cc2C(N)C1C. The molecule has 1 aliphatic heterocycles. The van der Waals surface area contributed by atoms with Gasteiger partial charge in [0.25, 0.3) is 0 Å². The summed E-state index contributed by atoms with van der Waals surface area (Å²) in [4.78, 5) is 1.37. The van der Waals surface area contributed by atoms with Gasteiger partial charge in [0.15, 0.2) is 0 Å². The third-order valence-electron chi connectivity index (χ3n) is 3.85. The zero-order valence-corrected chi connectivity index (χ0v) is 12.3. The minimum absolute atomic E-state index is 0.184. The molecule has 1 heterocycles. The van der Waals surface area contributed by atoms with E-state index in [0.717, 1.165) is 0 Å². The molecule has 0 saturated heterocycles. The highest BCUT2D eigenvalue weighted by molar-refractivity contribution is 8.00. The van der Waals surface area contributed by atoms with Crippen LogP contribution in [0.3, 0.4) is 0 Å². The van der Waals surface area contributed by atoms with Crippen LogP contribution in [0, 0.1) is 5.92 Å². The van der Waals surface area contributed by atoms with Crippen molar-refractivity contribution >= 4 is 11.8 Å². The van der Waals surface area contributed by atoms with Crippen molar-refractivity contribution in [1.29, 1.82) is 0 Å². The molecule has 2 rings (SSSR count). The molecule has 0 spiro atoms. The minimum Gasteiger partial charge on any atom is -0.324 e. The maximum atomic E-state index is 6.38. The first-order chi connectivity index (χ1) is 7.80. The highest BCUT2D eigenvalue weighted by atomic mass is 32.2. The maximum Gasteiger partial charge on any atom is 0.0342 e. The number of benzene rings is 1. The Kier molecular flexibility index (Phi) is 3.30. The number of nitrogens with two attached hydrogens (primary N) is 1. The van der Waals surface area contributed by atoms with Gasteiger partial charge in [0.2, 0.25) is 0 Å². The Morgan fingerprint density at radius 1 is 1.18 bits per heavy atom. The molecule has 17 heavy (non-hydrogen) atoms. The van der Waals surface area contributed by atoms with Crippen molar-refractivity contribution in [2.75, 3.05) is 0 Å². The molecule has 0 aromatic heterocycles. The Balaban J connectivity index is 2.46. The van der Waals surface area contributed by atoms with Gasteiger partial charge in [-0.05, 0) is 28.5 Å². The molecule has 1 aromatic carbocycles. The number of thioether (sulfide) groups is 1. The monoisotopic (exact) mass is 249 g/mol. The zero-order chi connectivity index (χ0) is 12.8. The van der Waals surface area contributed by atoms with E-state index in [2.05, 4.69) is 52.8 Å². The summed E-state index contributed by atoms with van der Waals surface area (Å²) in [6, 6.07) is 7.00. The summed E-state index contributed by atoms with van der Waals surface area (Å²) in [5.41, 5.74) is 9.30. The molecule has 0 aliphatic carbocycles. The van der Waals surface area contributed by atoms with Gasteiger partial charge in [-0.1, -0.05) is 46.8 Å². The molecule has 3 atom stereocenters. The highest BCUT2D eigenvalue weighted by Gasteiger charge is 2.30. The molecule has 0 radical (unpaired) electrons. The third-order valence-corrected chi connectivity index (χ3v) is 5.28. The van der Waals surface area contributed by atoms with Crippen molar-refractivity contribution in [3.63, 3.8) is 0 Å². The van der Waals surface area contributed by atoms with Gasteiger partial charge in [-0.3, -0.25) is 0 Å². The molecule has 1 nitrogen and oxygen atoms in total. The molecule has 0 saturated carbocycles. The van der Waals surface area contributed by atoms with Crippen LogP contribution in [0.2, 0.25) is 0 Å². The molecule has 2 N–H and O–H groups in total. The topological polar surface area (TPSA) is 26.0 Å². The van der Waals surface area contributed by atoms with Gasteiger partial charge >= 0.3 is 0 Å². The summed E-state index contributed by atoms with van der Waals surface area (Å²) >= 11 is 1.96. The molecule has 0 fully saturated rings. The van der Waals surface area contributed by atoms with Gasteiger partial charge in [0.1, 0.15) is 0 Å². The minimum atomic E-state index is 0.184. The summed E-state index contributed by atoms with van der Waals surface area (Å²) in [6.45, 7) is 11.3. The average Bonchev–Trinajstić information content (AvgIpc) is 2.24. The predicted octanol–water partition coefficient (Wildman–Crippen LogP) is 4.11. The van der Waals surface area contributed by atoms with Crippen LogP contribution in [-0.2, 0) is 5.41 Å². The fourth-order valence-electron chi connectivity index (χ4n) is 2.27. The number of fused-ring (bicyclic) bond motifs is 1. The lowest BCUT2D eigenvalue weighted by Gasteiger charge is -2.34. The second-order valence-electron chi connectivity index (χ2n) is 6.21. The van der Waals surface area contributed by atoms with Crippen molar-refractivity contribution in [1.82, 2.24) is 0 Å². The van der Waals surface area contributed by atoms with Crippen molar-refractivity contribution in [3.8, 4) is 0 Å². The number of rotatable bonds is 0. The Bertz CT molecular complexity index is 419. The predicted molar refractivity (Wildman–Crippen MR) is 76.6 cm³/mol. The molecule has 1 aliphatic rings. The molecular formula is C15H23NS. The smallest absolute Gasteiger partial charge is 0.0342 e. The van der Waals surface area contributed by atoms with Crippen molar-refractivity contribution in [2.24, 2.45) is 11.7 Å². The van der Waals surface area contributed by atoms with Gasteiger partial charge in [0.05, 0.1) is 0 Å². The molecule has 2 heteroatoms. The van der Waals surface area contributed by atoms with E-state index in [4.69, 9.17) is 5.73 Å². The lowest BCUT2D eigenvalue weighted by atomic mass is 9.83. The van der Waals surface area contributed by atoms with Crippen LogP contribution >= 0.6 is 11.8 Å². The van der Waals surface area contributed by atoms with Crippen LogP contribution in [-0.4, -0.2) is 5.25 Å². The van der Waals surface area contributed by atoms with Crippen LogP contribution < -0.4 is 5.73 Å². The zero-order valence-electron chi connectivity index (χ0n) is 11.4. The molecule has 3 unspecified atom stereocenters. The Morgan fingerprint density at radius 3 is 2.41 bits per heavy atom. The van der Waals surface area contributed by atoms with Crippen LogP contribution in [0.5, 0.6) is 0 Å². The van der Waals surface area contributed by atoms with Crippen LogP contribution in [0.4, 0.5) is 0 Å². The van der Waals surface area contributed by atoms with E-state index >= 15 is 0 Å². The highest BCUT2D eigenvalue weighted by Crippen LogP contribution is 2.44. The molecule has 1 aromatic rings. The summed E-state index contributed by atoms with van der Waals surface area (Å²) in [5.74, 6) is 0.544. The van der Waals surface area contributed by atoms with Crippen molar-refractivity contribution in [3.05, 3.63) is 29.3 Å². The summed E-state index contributed by atoms with van der Waals surface area (Å²) < 4.78 is 0. The van der Waals surface area contributed by atoms with E-state index in [1.54, 1.807) is 0 Å². The molecule has 0 amide bonds. The second kappa shape index (κ2) is 4.33. The first-order valence-corrected chi connectivity index (χ1v) is 7.25. The van der Waals surface area contributed by atoms with Crippen molar-refractivity contribution in [2.45, 2.75) is 56.2 Å². The first-order valence-electron chi connectivity index (χ1n) is 6.37. The Hall–Kier alpha value is -0.470. The van der Waals surface area contributed by atoms with Gasteiger partial charge in [0, 0.05) is 16.2 Å². The summed E-state index contributed by atoms with van der Waals surface area (Å²) in [7, 11) is 0. The number of hydrogen-bond acceptors (Lipinski definition) is 2. The second-order valence-corrected chi connectivity index (χ2v) is 7.63. The lowest BCUT2D eigenvalue weighted by Crippen LogP contribution is -2.30. The first kappa shape index (κ1) is 13.0.